The Morgan fingerprint density at radius 2 is 1.75 bits per heavy atom. The van der Waals surface area contributed by atoms with Crippen LogP contribution in [0.15, 0.2) is 0 Å². The monoisotopic (exact) mass is 234 g/mol. The van der Waals surface area contributed by atoms with Crippen molar-refractivity contribution in [3.8, 4) is 0 Å². The number of rotatable bonds is 11. The second-order valence-electron chi connectivity index (χ2n) is 3.99. The molecule has 4 nitrogen and oxygen atoms in total. The van der Waals surface area contributed by atoms with Gasteiger partial charge in [-0.15, -0.1) is 0 Å². The molecule has 2 atom stereocenters. The van der Waals surface area contributed by atoms with Gasteiger partial charge in [-0.3, -0.25) is 0 Å². The molecule has 0 aromatic heterocycles. The van der Waals surface area contributed by atoms with Crippen molar-refractivity contribution in [2.24, 2.45) is 5.92 Å². The molecule has 1 N–H and O–H groups in total. The predicted octanol–water partition coefficient (Wildman–Crippen LogP) is 1.46. The maximum absolute atomic E-state index is 9.61. The van der Waals surface area contributed by atoms with Gasteiger partial charge in [0.25, 0.3) is 0 Å². The average molecular weight is 234 g/mol. The second-order valence-corrected chi connectivity index (χ2v) is 3.99. The van der Waals surface area contributed by atoms with Gasteiger partial charge in [0.15, 0.2) is 0 Å². The molecule has 0 radical (unpaired) electrons. The maximum Gasteiger partial charge on any atom is 0.0799 e. The van der Waals surface area contributed by atoms with Crippen molar-refractivity contribution in [2.75, 3.05) is 40.1 Å². The van der Waals surface area contributed by atoms with E-state index in [2.05, 4.69) is 6.92 Å². The Labute approximate surface area is 98.9 Å². The van der Waals surface area contributed by atoms with E-state index in [9.17, 15) is 5.11 Å². The van der Waals surface area contributed by atoms with Crippen LogP contribution in [0.25, 0.3) is 0 Å². The van der Waals surface area contributed by atoms with Crippen molar-refractivity contribution < 1.29 is 19.3 Å². The first-order valence-electron chi connectivity index (χ1n) is 6.04. The van der Waals surface area contributed by atoms with E-state index in [-0.39, 0.29) is 6.10 Å². The van der Waals surface area contributed by atoms with Gasteiger partial charge in [-0.25, -0.2) is 0 Å². The summed E-state index contributed by atoms with van der Waals surface area (Å²) in [4.78, 5) is 0. The molecule has 98 valence electrons. The number of aliphatic hydroxyl groups excluding tert-OH is 1. The van der Waals surface area contributed by atoms with Gasteiger partial charge in [-0.1, -0.05) is 20.3 Å². The molecule has 0 fully saturated rings. The standard InChI is InChI=1S/C12H26O4/c1-4-11(2)12(13)10-16-9-8-15-7-5-6-14-3/h11-13H,4-10H2,1-3H3. The third-order valence-corrected chi connectivity index (χ3v) is 2.60. The molecule has 0 heterocycles. The van der Waals surface area contributed by atoms with E-state index in [1.807, 2.05) is 6.92 Å². The minimum Gasteiger partial charge on any atom is -0.390 e. The molecule has 0 amide bonds. The molecule has 0 rings (SSSR count). The van der Waals surface area contributed by atoms with Gasteiger partial charge in [0.1, 0.15) is 0 Å². The van der Waals surface area contributed by atoms with Gasteiger partial charge in [0.2, 0.25) is 0 Å². The summed E-state index contributed by atoms with van der Waals surface area (Å²) in [6.07, 6.45) is 1.52. The summed E-state index contributed by atoms with van der Waals surface area (Å²) in [5, 5.41) is 9.61. The van der Waals surface area contributed by atoms with E-state index in [1.54, 1.807) is 7.11 Å². The van der Waals surface area contributed by atoms with Crippen LogP contribution in [-0.2, 0) is 14.2 Å². The Balaban J connectivity index is 3.14. The zero-order valence-corrected chi connectivity index (χ0v) is 10.8. The summed E-state index contributed by atoms with van der Waals surface area (Å²) in [5.41, 5.74) is 0. The van der Waals surface area contributed by atoms with E-state index < -0.39 is 0 Å². The molecule has 0 aliphatic heterocycles. The fourth-order valence-corrected chi connectivity index (χ4v) is 1.17. The molecule has 0 aromatic rings. The fraction of sp³-hybridized carbons (Fsp3) is 1.00. The van der Waals surface area contributed by atoms with Gasteiger partial charge < -0.3 is 19.3 Å². The summed E-state index contributed by atoms with van der Waals surface area (Å²) in [7, 11) is 1.68. The number of ether oxygens (including phenoxy) is 3. The van der Waals surface area contributed by atoms with Gasteiger partial charge in [0, 0.05) is 20.3 Å². The minimum atomic E-state index is -0.363. The number of hydrogen-bond acceptors (Lipinski definition) is 4. The topological polar surface area (TPSA) is 47.9 Å². The van der Waals surface area contributed by atoms with Gasteiger partial charge >= 0.3 is 0 Å². The Bertz CT molecular complexity index is 141. The van der Waals surface area contributed by atoms with E-state index in [4.69, 9.17) is 14.2 Å². The van der Waals surface area contributed by atoms with Gasteiger partial charge in [-0.2, -0.15) is 0 Å². The molecule has 2 unspecified atom stereocenters. The van der Waals surface area contributed by atoms with E-state index in [0.717, 1.165) is 19.4 Å². The normalized spacial score (nSPS) is 15.0. The first-order valence-corrected chi connectivity index (χ1v) is 6.04. The molecular formula is C12H26O4. The number of methoxy groups -OCH3 is 1. The highest BCUT2D eigenvalue weighted by Gasteiger charge is 2.11. The van der Waals surface area contributed by atoms with Gasteiger partial charge in [0.05, 0.1) is 25.9 Å². The fourth-order valence-electron chi connectivity index (χ4n) is 1.17. The molecule has 0 bridgehead atoms. The average Bonchev–Trinajstić information content (AvgIpc) is 2.31. The van der Waals surface area contributed by atoms with Crippen LogP contribution < -0.4 is 0 Å². The zero-order chi connectivity index (χ0) is 12.2. The van der Waals surface area contributed by atoms with Crippen LogP contribution in [0, 0.1) is 5.92 Å². The third kappa shape index (κ3) is 9.09. The lowest BCUT2D eigenvalue weighted by Crippen LogP contribution is -2.24. The minimum absolute atomic E-state index is 0.294. The summed E-state index contributed by atoms with van der Waals surface area (Å²) < 4.78 is 15.5. The molecule has 0 aromatic carbocycles. The van der Waals surface area contributed by atoms with E-state index in [0.29, 0.717) is 32.3 Å². The molecule has 0 spiro atoms. The van der Waals surface area contributed by atoms with Crippen LogP contribution in [0.4, 0.5) is 0 Å². The Kier molecular flexibility index (Phi) is 11.2. The smallest absolute Gasteiger partial charge is 0.0799 e. The van der Waals surface area contributed by atoms with Crippen LogP contribution in [0.3, 0.4) is 0 Å². The highest BCUT2D eigenvalue weighted by atomic mass is 16.5. The molecule has 4 heteroatoms. The first-order chi connectivity index (χ1) is 7.72. The zero-order valence-electron chi connectivity index (χ0n) is 10.8. The van der Waals surface area contributed by atoms with Crippen molar-refractivity contribution in [2.45, 2.75) is 32.8 Å². The highest BCUT2D eigenvalue weighted by molar-refractivity contribution is 4.61. The van der Waals surface area contributed by atoms with Crippen LogP contribution in [0.5, 0.6) is 0 Å². The SMILES string of the molecule is CCC(C)C(O)COCCOCCCOC. The highest BCUT2D eigenvalue weighted by Crippen LogP contribution is 2.07. The third-order valence-electron chi connectivity index (χ3n) is 2.60. The molecule has 16 heavy (non-hydrogen) atoms. The summed E-state index contributed by atoms with van der Waals surface area (Å²) in [6.45, 7) is 7.04. The lowest BCUT2D eigenvalue weighted by molar-refractivity contribution is -0.0161. The Morgan fingerprint density at radius 3 is 2.38 bits per heavy atom. The quantitative estimate of drug-likeness (QED) is 0.550. The first kappa shape index (κ1) is 15.8. The van der Waals surface area contributed by atoms with Crippen LogP contribution in [0.2, 0.25) is 0 Å². The van der Waals surface area contributed by atoms with Crippen molar-refractivity contribution in [3.63, 3.8) is 0 Å². The molecule has 0 saturated carbocycles. The van der Waals surface area contributed by atoms with Crippen molar-refractivity contribution in [3.05, 3.63) is 0 Å². The summed E-state index contributed by atoms with van der Waals surface area (Å²) >= 11 is 0. The molecule has 0 aliphatic rings. The van der Waals surface area contributed by atoms with Crippen LogP contribution in [-0.4, -0.2) is 51.4 Å². The Morgan fingerprint density at radius 1 is 1.06 bits per heavy atom. The lowest BCUT2D eigenvalue weighted by Gasteiger charge is -2.16. The largest absolute Gasteiger partial charge is 0.390 e. The van der Waals surface area contributed by atoms with E-state index >= 15 is 0 Å². The summed E-state index contributed by atoms with van der Waals surface area (Å²) in [5.74, 6) is 0.294. The van der Waals surface area contributed by atoms with Crippen molar-refractivity contribution in [1.82, 2.24) is 0 Å². The summed E-state index contributed by atoms with van der Waals surface area (Å²) in [6, 6.07) is 0. The van der Waals surface area contributed by atoms with Crippen molar-refractivity contribution in [1.29, 1.82) is 0 Å². The van der Waals surface area contributed by atoms with Crippen LogP contribution >= 0.6 is 0 Å². The number of hydrogen-bond donors (Lipinski definition) is 1. The second kappa shape index (κ2) is 11.3. The molecule has 0 saturated heterocycles. The predicted molar refractivity (Wildman–Crippen MR) is 63.6 cm³/mol. The maximum atomic E-state index is 9.61. The van der Waals surface area contributed by atoms with E-state index in [1.165, 1.54) is 0 Å². The molecule has 0 aliphatic carbocycles. The van der Waals surface area contributed by atoms with Crippen molar-refractivity contribution >= 4 is 0 Å². The van der Waals surface area contributed by atoms with Gasteiger partial charge in [-0.05, 0) is 12.3 Å². The Hall–Kier alpha value is -0.160. The molecular weight excluding hydrogens is 208 g/mol. The van der Waals surface area contributed by atoms with Crippen LogP contribution in [0.1, 0.15) is 26.7 Å². The number of aliphatic hydroxyl groups is 1. The lowest BCUT2D eigenvalue weighted by atomic mass is 10.0.